The van der Waals surface area contributed by atoms with Crippen LogP contribution in [-0.2, 0) is 0 Å². The monoisotopic (exact) mass is 405 g/mol. The van der Waals surface area contributed by atoms with Crippen LogP contribution in [-0.4, -0.2) is 60.0 Å². The van der Waals surface area contributed by atoms with Crippen molar-refractivity contribution in [3.05, 3.63) is 35.0 Å². The number of piperidine rings is 1. The summed E-state index contributed by atoms with van der Waals surface area (Å²) in [4.78, 5) is 19.0. The Balaban J connectivity index is 1.67. The van der Waals surface area contributed by atoms with Gasteiger partial charge in [-0.15, -0.1) is 5.10 Å². The molecule has 10 heteroatoms. The number of amides is 1. The number of methoxy groups -OCH3 is 1. The van der Waals surface area contributed by atoms with Crippen LogP contribution in [0.15, 0.2) is 29.5 Å². The Labute approximate surface area is 168 Å². The number of carbonyl (C=O) groups excluding carboxylic acids is 1. The molecule has 1 aliphatic heterocycles. The molecule has 2 aromatic rings. The normalized spacial score (nSPS) is 15.6. The van der Waals surface area contributed by atoms with Crippen molar-refractivity contribution in [1.29, 1.82) is 0 Å². The molecule has 1 aromatic heterocycles. The van der Waals surface area contributed by atoms with Gasteiger partial charge in [0.1, 0.15) is 5.52 Å². The molecule has 28 heavy (non-hydrogen) atoms. The van der Waals surface area contributed by atoms with Crippen molar-refractivity contribution in [2.75, 3.05) is 27.2 Å². The summed E-state index contributed by atoms with van der Waals surface area (Å²) in [6.07, 6.45) is 3.07. The minimum absolute atomic E-state index is 0.0568. The molecule has 0 spiro atoms. The second kappa shape index (κ2) is 8.49. The second-order valence-corrected chi connectivity index (χ2v) is 7.06. The van der Waals surface area contributed by atoms with E-state index in [2.05, 4.69) is 15.4 Å². The molecule has 0 bridgehead atoms. The van der Waals surface area contributed by atoms with Gasteiger partial charge in [0, 0.05) is 37.8 Å². The van der Waals surface area contributed by atoms with E-state index in [0.29, 0.717) is 40.9 Å². The fourth-order valence-corrected chi connectivity index (χ4v) is 3.59. The highest BCUT2D eigenvalue weighted by atomic mass is 35.5. The third-order valence-corrected chi connectivity index (χ3v) is 5.07. The Morgan fingerprint density at radius 2 is 2.14 bits per heavy atom. The number of hydrazone groups is 1. The number of benzene rings is 1. The SMILES string of the molecule is COc1c(Cl)ccc2cc(C(=O)NC3CCN(/C(=N/N)N(C)N)CC3)cnc12. The van der Waals surface area contributed by atoms with E-state index in [1.54, 1.807) is 26.3 Å². The smallest absolute Gasteiger partial charge is 0.253 e. The van der Waals surface area contributed by atoms with Gasteiger partial charge in [0.15, 0.2) is 5.75 Å². The van der Waals surface area contributed by atoms with Gasteiger partial charge < -0.3 is 20.8 Å². The van der Waals surface area contributed by atoms with E-state index in [1.807, 2.05) is 11.0 Å². The Morgan fingerprint density at radius 3 is 2.75 bits per heavy atom. The van der Waals surface area contributed by atoms with Crippen LogP contribution in [0.3, 0.4) is 0 Å². The molecule has 2 heterocycles. The average molecular weight is 406 g/mol. The number of rotatable bonds is 3. The van der Waals surface area contributed by atoms with Gasteiger partial charge in [-0.1, -0.05) is 17.7 Å². The number of hydrazine groups is 1. The molecule has 1 aliphatic rings. The number of nitrogens with zero attached hydrogens (tertiary/aromatic N) is 4. The standard InChI is InChI=1S/C18H24ClN7O2/c1-25(21)18(24-20)26-7-5-13(6-8-26)23-17(27)12-9-11-3-4-14(19)16(28-2)15(11)22-10-12/h3-4,9-10,13H,5-8,20-21H2,1-2H3,(H,23,27)/b24-18+. The number of aromatic nitrogens is 1. The highest BCUT2D eigenvalue weighted by molar-refractivity contribution is 6.33. The van der Waals surface area contributed by atoms with Gasteiger partial charge in [0.05, 0.1) is 17.7 Å². The predicted molar refractivity (Wildman–Crippen MR) is 109 cm³/mol. The van der Waals surface area contributed by atoms with Crippen molar-refractivity contribution >= 4 is 34.4 Å². The first-order valence-electron chi connectivity index (χ1n) is 8.89. The Hall–Kier alpha value is -2.78. The summed E-state index contributed by atoms with van der Waals surface area (Å²) in [6.45, 7) is 1.41. The van der Waals surface area contributed by atoms with Crippen LogP contribution in [0.1, 0.15) is 23.2 Å². The lowest BCUT2D eigenvalue weighted by atomic mass is 10.0. The first-order chi connectivity index (χ1) is 13.4. The largest absolute Gasteiger partial charge is 0.493 e. The van der Waals surface area contributed by atoms with Gasteiger partial charge >= 0.3 is 0 Å². The van der Waals surface area contributed by atoms with Crippen molar-refractivity contribution in [3.63, 3.8) is 0 Å². The van der Waals surface area contributed by atoms with Gasteiger partial charge in [0.25, 0.3) is 5.91 Å². The maximum Gasteiger partial charge on any atom is 0.253 e. The van der Waals surface area contributed by atoms with Crippen LogP contribution >= 0.6 is 11.6 Å². The zero-order valence-corrected chi connectivity index (χ0v) is 16.6. The van der Waals surface area contributed by atoms with Crippen molar-refractivity contribution in [1.82, 2.24) is 20.2 Å². The lowest BCUT2D eigenvalue weighted by molar-refractivity contribution is 0.0920. The summed E-state index contributed by atoms with van der Waals surface area (Å²) in [5, 5.41) is 9.45. The minimum Gasteiger partial charge on any atom is -0.493 e. The van der Waals surface area contributed by atoms with Crippen LogP contribution in [0.4, 0.5) is 0 Å². The van der Waals surface area contributed by atoms with Gasteiger partial charge in [-0.05, 0) is 25.0 Å². The molecule has 1 fully saturated rings. The maximum atomic E-state index is 12.7. The molecule has 3 rings (SSSR count). The first kappa shape index (κ1) is 20.0. The van der Waals surface area contributed by atoms with E-state index in [4.69, 9.17) is 28.0 Å². The average Bonchev–Trinajstić information content (AvgIpc) is 2.69. The summed E-state index contributed by atoms with van der Waals surface area (Å²) in [5.74, 6) is 12.0. The molecular weight excluding hydrogens is 382 g/mol. The van der Waals surface area contributed by atoms with Gasteiger partial charge in [-0.3, -0.25) is 14.8 Å². The summed E-state index contributed by atoms with van der Waals surface area (Å²) in [5.41, 5.74) is 1.12. The molecule has 1 aromatic carbocycles. The molecule has 1 saturated heterocycles. The topological polar surface area (TPSA) is 122 Å². The van der Waals surface area contributed by atoms with E-state index in [-0.39, 0.29) is 11.9 Å². The van der Waals surface area contributed by atoms with E-state index in [0.717, 1.165) is 18.2 Å². The molecule has 0 radical (unpaired) electrons. The zero-order valence-electron chi connectivity index (χ0n) is 15.9. The summed E-state index contributed by atoms with van der Waals surface area (Å²) >= 11 is 6.12. The molecule has 0 atom stereocenters. The number of ether oxygens (including phenoxy) is 1. The molecule has 5 N–H and O–H groups in total. The number of pyridine rings is 1. The van der Waals surface area contributed by atoms with Gasteiger partial charge in [-0.25, -0.2) is 5.84 Å². The lowest BCUT2D eigenvalue weighted by Gasteiger charge is -2.35. The van der Waals surface area contributed by atoms with E-state index in [9.17, 15) is 4.79 Å². The fraction of sp³-hybridized carbons (Fsp3) is 0.389. The van der Waals surface area contributed by atoms with Crippen LogP contribution in [0, 0.1) is 0 Å². The first-order valence-corrected chi connectivity index (χ1v) is 9.26. The van der Waals surface area contributed by atoms with Crippen molar-refractivity contribution < 1.29 is 9.53 Å². The van der Waals surface area contributed by atoms with E-state index in [1.165, 1.54) is 11.2 Å². The molecule has 0 unspecified atom stereocenters. The van der Waals surface area contributed by atoms with Crippen molar-refractivity contribution in [3.8, 4) is 5.75 Å². The van der Waals surface area contributed by atoms with Gasteiger partial charge in [0.2, 0.25) is 5.96 Å². The molecule has 150 valence electrons. The minimum atomic E-state index is -0.162. The number of fused-ring (bicyclic) bond motifs is 1. The lowest BCUT2D eigenvalue weighted by Crippen LogP contribution is -2.52. The van der Waals surface area contributed by atoms with E-state index >= 15 is 0 Å². The Bertz CT molecular complexity index is 895. The quantitative estimate of drug-likeness (QED) is 0.303. The predicted octanol–water partition coefficient (Wildman–Crippen LogP) is 1.13. The number of carbonyl (C=O) groups is 1. The molecular formula is C18H24ClN7O2. The van der Waals surface area contributed by atoms with Crippen LogP contribution in [0.25, 0.3) is 10.9 Å². The number of hydrogen-bond acceptors (Lipinski definition) is 6. The molecule has 0 saturated carbocycles. The highest BCUT2D eigenvalue weighted by Gasteiger charge is 2.24. The number of hydrogen-bond donors (Lipinski definition) is 3. The van der Waals surface area contributed by atoms with Crippen LogP contribution in [0.2, 0.25) is 5.02 Å². The molecule has 9 nitrogen and oxygen atoms in total. The maximum absolute atomic E-state index is 12.7. The third-order valence-electron chi connectivity index (χ3n) is 4.77. The van der Waals surface area contributed by atoms with Crippen LogP contribution < -0.4 is 21.7 Å². The number of nitrogens with one attached hydrogen (secondary N) is 1. The van der Waals surface area contributed by atoms with E-state index < -0.39 is 0 Å². The van der Waals surface area contributed by atoms with Crippen LogP contribution in [0.5, 0.6) is 5.75 Å². The fourth-order valence-electron chi connectivity index (χ4n) is 3.36. The Morgan fingerprint density at radius 1 is 1.43 bits per heavy atom. The summed E-state index contributed by atoms with van der Waals surface area (Å²) in [6, 6.07) is 5.39. The molecule has 0 aliphatic carbocycles. The van der Waals surface area contributed by atoms with Crippen molar-refractivity contribution in [2.45, 2.75) is 18.9 Å². The number of likely N-dealkylation sites (tertiary alicyclic amines) is 1. The number of halogens is 1. The Kier molecular flexibility index (Phi) is 6.05. The number of guanidine groups is 1. The second-order valence-electron chi connectivity index (χ2n) is 6.65. The third kappa shape index (κ3) is 4.05. The van der Waals surface area contributed by atoms with Gasteiger partial charge in [-0.2, -0.15) is 0 Å². The summed E-state index contributed by atoms with van der Waals surface area (Å²) in [7, 11) is 3.23. The molecule has 1 amide bonds. The van der Waals surface area contributed by atoms with Crippen molar-refractivity contribution in [2.24, 2.45) is 16.8 Å². The summed E-state index contributed by atoms with van der Waals surface area (Å²) < 4.78 is 5.30. The zero-order chi connectivity index (χ0) is 20.3. The highest BCUT2D eigenvalue weighted by Crippen LogP contribution is 2.32. The number of nitrogens with two attached hydrogens (primary N) is 2.